The first-order valence-corrected chi connectivity index (χ1v) is 8.71. The molecule has 0 fully saturated rings. The van der Waals surface area contributed by atoms with Gasteiger partial charge in [-0.2, -0.15) is 0 Å². The van der Waals surface area contributed by atoms with Gasteiger partial charge in [0.1, 0.15) is 6.54 Å². The zero-order valence-corrected chi connectivity index (χ0v) is 16.1. The molecule has 136 valence electrons. The molecule has 0 saturated heterocycles. The Morgan fingerprint density at radius 2 is 1.69 bits per heavy atom. The van der Waals surface area contributed by atoms with E-state index in [-0.39, 0.29) is 6.54 Å². The molecule has 0 radical (unpaired) electrons. The van der Waals surface area contributed by atoms with Crippen LogP contribution in [0.2, 0.25) is 0 Å². The Kier molecular flexibility index (Phi) is 6.91. The number of hydrogen-bond donors (Lipinski definition) is 2. The van der Waals surface area contributed by atoms with Gasteiger partial charge >= 0.3 is 5.97 Å². The first-order chi connectivity index (χ1) is 12.3. The van der Waals surface area contributed by atoms with Gasteiger partial charge in [-0.05, 0) is 61.4 Å². The average molecular weight is 419 g/mol. The van der Waals surface area contributed by atoms with Crippen LogP contribution in [-0.2, 0) is 14.3 Å². The number of rotatable bonds is 6. The smallest absolute Gasteiger partial charge is 0.325 e. The predicted octanol–water partition coefficient (Wildman–Crippen LogP) is 2.98. The number of esters is 1. The zero-order chi connectivity index (χ0) is 19.1. The number of amides is 2. The van der Waals surface area contributed by atoms with Crippen LogP contribution in [0.25, 0.3) is 0 Å². The Labute approximate surface area is 160 Å². The van der Waals surface area contributed by atoms with Crippen molar-refractivity contribution in [3.05, 3.63) is 63.6 Å². The number of carbonyl (C=O) groups excluding carboxylic acids is 3. The minimum absolute atomic E-state index is 0.314. The molecule has 0 aliphatic rings. The fourth-order valence-electron chi connectivity index (χ4n) is 2.07. The SMILES string of the molecule is Cc1ccc(NC(=O)COC(=O)CNC(=O)c2ccc(Br)cc2)cc1C. The summed E-state index contributed by atoms with van der Waals surface area (Å²) >= 11 is 3.28. The fraction of sp³-hybridized carbons (Fsp3) is 0.211. The number of anilines is 1. The third-order valence-corrected chi connectivity index (χ3v) is 4.18. The molecule has 6 nitrogen and oxygen atoms in total. The predicted molar refractivity (Wildman–Crippen MR) is 102 cm³/mol. The van der Waals surface area contributed by atoms with E-state index < -0.39 is 24.4 Å². The minimum Gasteiger partial charge on any atom is -0.454 e. The summed E-state index contributed by atoms with van der Waals surface area (Å²) in [5.74, 6) is -1.53. The van der Waals surface area contributed by atoms with E-state index >= 15 is 0 Å². The van der Waals surface area contributed by atoms with Gasteiger partial charge in [-0.1, -0.05) is 22.0 Å². The second-order valence-corrected chi connectivity index (χ2v) is 6.61. The normalized spacial score (nSPS) is 10.1. The van der Waals surface area contributed by atoms with Gasteiger partial charge < -0.3 is 15.4 Å². The molecule has 0 aliphatic heterocycles. The first-order valence-electron chi connectivity index (χ1n) is 7.91. The van der Waals surface area contributed by atoms with Crippen LogP contribution < -0.4 is 10.6 Å². The van der Waals surface area contributed by atoms with Crippen LogP contribution in [0.4, 0.5) is 5.69 Å². The summed E-state index contributed by atoms with van der Waals surface area (Å²) in [4.78, 5) is 35.4. The van der Waals surface area contributed by atoms with Gasteiger partial charge in [0.25, 0.3) is 11.8 Å². The molecule has 2 rings (SSSR count). The number of hydrogen-bond acceptors (Lipinski definition) is 4. The lowest BCUT2D eigenvalue weighted by atomic mass is 10.1. The standard InChI is InChI=1S/C19H19BrN2O4/c1-12-3-8-16(9-13(12)2)22-17(23)11-26-18(24)10-21-19(25)14-4-6-15(20)7-5-14/h3-9H,10-11H2,1-2H3,(H,21,25)(H,22,23). The maximum Gasteiger partial charge on any atom is 0.325 e. The molecule has 0 bridgehead atoms. The van der Waals surface area contributed by atoms with Crippen molar-refractivity contribution < 1.29 is 19.1 Å². The van der Waals surface area contributed by atoms with Crippen molar-refractivity contribution in [1.29, 1.82) is 0 Å². The molecule has 0 spiro atoms. The van der Waals surface area contributed by atoms with Crippen molar-refractivity contribution in [2.24, 2.45) is 0 Å². The molecular formula is C19H19BrN2O4. The summed E-state index contributed by atoms with van der Waals surface area (Å²) in [6.07, 6.45) is 0. The molecule has 0 unspecified atom stereocenters. The number of benzene rings is 2. The van der Waals surface area contributed by atoms with E-state index in [2.05, 4.69) is 26.6 Å². The highest BCUT2D eigenvalue weighted by atomic mass is 79.9. The summed E-state index contributed by atoms with van der Waals surface area (Å²) in [5.41, 5.74) is 3.23. The molecule has 26 heavy (non-hydrogen) atoms. The monoisotopic (exact) mass is 418 g/mol. The van der Waals surface area contributed by atoms with E-state index in [1.807, 2.05) is 26.0 Å². The van der Waals surface area contributed by atoms with Crippen LogP contribution in [0.15, 0.2) is 46.9 Å². The van der Waals surface area contributed by atoms with Gasteiger partial charge in [0.05, 0.1) is 0 Å². The summed E-state index contributed by atoms with van der Waals surface area (Å²) in [7, 11) is 0. The lowest BCUT2D eigenvalue weighted by molar-refractivity contribution is -0.146. The third-order valence-electron chi connectivity index (χ3n) is 3.65. The van der Waals surface area contributed by atoms with E-state index in [4.69, 9.17) is 4.74 Å². The van der Waals surface area contributed by atoms with Gasteiger partial charge in [-0.15, -0.1) is 0 Å². The van der Waals surface area contributed by atoms with Gasteiger partial charge in [0.2, 0.25) is 0 Å². The van der Waals surface area contributed by atoms with Crippen LogP contribution in [0, 0.1) is 13.8 Å². The molecule has 2 amide bonds. The molecule has 0 heterocycles. The number of halogens is 1. The molecule has 2 aromatic carbocycles. The molecule has 2 aromatic rings. The molecule has 7 heteroatoms. The van der Waals surface area contributed by atoms with Crippen LogP contribution in [0.3, 0.4) is 0 Å². The number of carbonyl (C=O) groups is 3. The Hall–Kier alpha value is -2.67. The maximum absolute atomic E-state index is 11.9. The van der Waals surface area contributed by atoms with Crippen LogP contribution in [0.5, 0.6) is 0 Å². The summed E-state index contributed by atoms with van der Waals surface area (Å²) in [5, 5.41) is 5.10. The summed E-state index contributed by atoms with van der Waals surface area (Å²) in [6.45, 7) is 3.19. The van der Waals surface area contributed by atoms with Crippen molar-refractivity contribution >= 4 is 39.4 Å². The molecule has 0 saturated carbocycles. The Balaban J connectivity index is 1.73. The van der Waals surface area contributed by atoms with Crippen molar-refractivity contribution in [2.75, 3.05) is 18.5 Å². The number of aryl methyl sites for hydroxylation is 2. The molecule has 2 N–H and O–H groups in total. The number of ether oxygens (including phenoxy) is 1. The number of nitrogens with one attached hydrogen (secondary N) is 2. The van der Waals surface area contributed by atoms with E-state index in [1.165, 1.54) is 0 Å². The van der Waals surface area contributed by atoms with Gasteiger partial charge in [0.15, 0.2) is 6.61 Å². The topological polar surface area (TPSA) is 84.5 Å². The van der Waals surface area contributed by atoms with Crippen LogP contribution in [-0.4, -0.2) is 30.9 Å². The Morgan fingerprint density at radius 3 is 2.35 bits per heavy atom. The summed E-state index contributed by atoms with van der Waals surface area (Å²) < 4.78 is 5.71. The maximum atomic E-state index is 11.9. The lowest BCUT2D eigenvalue weighted by Crippen LogP contribution is -2.32. The third kappa shape index (κ3) is 6.00. The van der Waals surface area contributed by atoms with Crippen molar-refractivity contribution in [2.45, 2.75) is 13.8 Å². The van der Waals surface area contributed by atoms with Gasteiger partial charge in [0, 0.05) is 15.7 Å². The van der Waals surface area contributed by atoms with E-state index in [0.29, 0.717) is 11.3 Å². The first kappa shape index (κ1) is 19.7. The second-order valence-electron chi connectivity index (χ2n) is 5.70. The highest BCUT2D eigenvalue weighted by Gasteiger charge is 2.11. The molecular weight excluding hydrogens is 400 g/mol. The van der Waals surface area contributed by atoms with E-state index in [9.17, 15) is 14.4 Å². The average Bonchev–Trinajstić information content (AvgIpc) is 2.61. The highest BCUT2D eigenvalue weighted by molar-refractivity contribution is 9.10. The lowest BCUT2D eigenvalue weighted by Gasteiger charge is -2.09. The fourth-order valence-corrected chi connectivity index (χ4v) is 2.33. The summed E-state index contributed by atoms with van der Waals surface area (Å²) in [6, 6.07) is 12.2. The van der Waals surface area contributed by atoms with Crippen LogP contribution in [0.1, 0.15) is 21.5 Å². The van der Waals surface area contributed by atoms with Crippen molar-refractivity contribution in [3.8, 4) is 0 Å². The molecule has 0 aromatic heterocycles. The minimum atomic E-state index is -0.689. The van der Waals surface area contributed by atoms with Crippen molar-refractivity contribution in [3.63, 3.8) is 0 Å². The van der Waals surface area contributed by atoms with Crippen molar-refractivity contribution in [1.82, 2.24) is 5.32 Å². The highest BCUT2D eigenvalue weighted by Crippen LogP contribution is 2.14. The molecule has 0 aliphatic carbocycles. The Morgan fingerprint density at radius 1 is 1.00 bits per heavy atom. The van der Waals surface area contributed by atoms with E-state index in [1.54, 1.807) is 30.3 Å². The second kappa shape index (κ2) is 9.15. The quantitative estimate of drug-likeness (QED) is 0.706. The van der Waals surface area contributed by atoms with Crippen LogP contribution >= 0.6 is 15.9 Å². The van der Waals surface area contributed by atoms with Gasteiger partial charge in [-0.3, -0.25) is 14.4 Å². The van der Waals surface area contributed by atoms with Gasteiger partial charge in [-0.25, -0.2) is 0 Å². The van der Waals surface area contributed by atoms with E-state index in [0.717, 1.165) is 15.6 Å². The Bertz CT molecular complexity index is 819. The molecule has 0 atom stereocenters. The largest absolute Gasteiger partial charge is 0.454 e. The zero-order valence-electron chi connectivity index (χ0n) is 14.5.